The number of benzene rings is 1. The number of likely N-dealkylation sites (N-methyl/N-ethyl adjacent to an activating group) is 1. The molecule has 1 aliphatic rings. The molecule has 0 spiro atoms. The summed E-state index contributed by atoms with van der Waals surface area (Å²) in [6, 6.07) is 5.57. The molecule has 1 aliphatic carbocycles. The number of nitro benzene ring substituents is 1. The first kappa shape index (κ1) is 11.9. The average molecular weight is 229 g/mol. The van der Waals surface area contributed by atoms with Gasteiger partial charge in [-0.3, -0.25) is 10.1 Å². The van der Waals surface area contributed by atoms with Crippen molar-refractivity contribution < 1.29 is 4.92 Å². The van der Waals surface area contributed by atoms with E-state index in [0.717, 1.165) is 18.4 Å². The van der Waals surface area contributed by atoms with E-state index in [2.05, 4.69) is 5.32 Å². The van der Waals surface area contributed by atoms with E-state index in [-0.39, 0.29) is 23.0 Å². The quantitative estimate of drug-likeness (QED) is 0.619. The summed E-state index contributed by atoms with van der Waals surface area (Å²) < 4.78 is 0. The molecule has 0 saturated heterocycles. The predicted molar refractivity (Wildman–Crippen MR) is 60.6 cm³/mol. The van der Waals surface area contributed by atoms with Crippen LogP contribution in [0, 0.1) is 10.1 Å². The summed E-state index contributed by atoms with van der Waals surface area (Å²) >= 11 is 0. The van der Waals surface area contributed by atoms with Crippen LogP contribution in [-0.2, 0) is 12.8 Å². The zero-order chi connectivity index (χ0) is 10.1. The zero-order valence-electron chi connectivity index (χ0n) is 8.40. The van der Waals surface area contributed by atoms with Crippen molar-refractivity contribution in [3.8, 4) is 0 Å². The van der Waals surface area contributed by atoms with Crippen molar-refractivity contribution in [2.45, 2.75) is 18.9 Å². The van der Waals surface area contributed by atoms with Gasteiger partial charge in [0.2, 0.25) is 0 Å². The summed E-state index contributed by atoms with van der Waals surface area (Å²) in [5.74, 6) is 0. The van der Waals surface area contributed by atoms with E-state index in [0.29, 0.717) is 6.04 Å². The van der Waals surface area contributed by atoms with Gasteiger partial charge < -0.3 is 5.32 Å². The third-order valence-electron chi connectivity index (χ3n) is 2.74. The molecule has 2 rings (SSSR count). The molecule has 0 amide bonds. The Morgan fingerprint density at radius 3 is 2.67 bits per heavy atom. The van der Waals surface area contributed by atoms with E-state index in [9.17, 15) is 10.1 Å². The van der Waals surface area contributed by atoms with Gasteiger partial charge in [-0.15, -0.1) is 12.4 Å². The minimum Gasteiger partial charge on any atom is -0.316 e. The maximum atomic E-state index is 10.5. The lowest BCUT2D eigenvalue weighted by Gasteiger charge is -2.04. The molecule has 0 aromatic heterocycles. The van der Waals surface area contributed by atoms with Gasteiger partial charge in [0, 0.05) is 18.2 Å². The lowest BCUT2D eigenvalue weighted by atomic mass is 10.1. The van der Waals surface area contributed by atoms with Crippen molar-refractivity contribution in [3.05, 3.63) is 39.4 Å². The van der Waals surface area contributed by atoms with Gasteiger partial charge in [0.05, 0.1) is 4.92 Å². The van der Waals surface area contributed by atoms with Crippen LogP contribution in [0.3, 0.4) is 0 Å². The van der Waals surface area contributed by atoms with Crippen LogP contribution in [0.15, 0.2) is 18.2 Å². The van der Waals surface area contributed by atoms with Crippen molar-refractivity contribution in [2.75, 3.05) is 7.05 Å². The monoisotopic (exact) mass is 228 g/mol. The van der Waals surface area contributed by atoms with Crippen LogP contribution in [0.4, 0.5) is 5.69 Å². The van der Waals surface area contributed by atoms with Crippen LogP contribution in [-0.4, -0.2) is 18.0 Å². The molecule has 4 nitrogen and oxygen atoms in total. The van der Waals surface area contributed by atoms with E-state index in [1.54, 1.807) is 12.1 Å². The second kappa shape index (κ2) is 4.59. The molecule has 1 aromatic carbocycles. The van der Waals surface area contributed by atoms with Crippen molar-refractivity contribution in [2.24, 2.45) is 0 Å². The first-order valence-electron chi connectivity index (χ1n) is 4.64. The molecule has 5 heteroatoms. The molecule has 1 aromatic rings. The van der Waals surface area contributed by atoms with Crippen molar-refractivity contribution in [1.29, 1.82) is 0 Å². The third kappa shape index (κ3) is 2.27. The van der Waals surface area contributed by atoms with E-state index < -0.39 is 0 Å². The number of hydrogen-bond acceptors (Lipinski definition) is 3. The number of halogens is 1. The van der Waals surface area contributed by atoms with Crippen molar-refractivity contribution in [3.63, 3.8) is 0 Å². The van der Waals surface area contributed by atoms with Gasteiger partial charge in [0.15, 0.2) is 0 Å². The Balaban J connectivity index is 0.00000112. The van der Waals surface area contributed by atoms with E-state index in [1.165, 1.54) is 5.56 Å². The van der Waals surface area contributed by atoms with Gasteiger partial charge in [0.25, 0.3) is 5.69 Å². The number of fused-ring (bicyclic) bond motifs is 1. The molecule has 0 bridgehead atoms. The highest BCUT2D eigenvalue weighted by molar-refractivity contribution is 5.85. The van der Waals surface area contributed by atoms with E-state index in [4.69, 9.17) is 0 Å². The number of nitrogens with zero attached hydrogens (tertiary/aromatic N) is 1. The molecule has 0 fully saturated rings. The average Bonchev–Trinajstić information content (AvgIpc) is 2.58. The summed E-state index contributed by atoms with van der Waals surface area (Å²) in [6.45, 7) is 0. The van der Waals surface area contributed by atoms with Crippen LogP contribution in [0.2, 0.25) is 0 Å². The van der Waals surface area contributed by atoms with E-state index >= 15 is 0 Å². The highest BCUT2D eigenvalue weighted by Crippen LogP contribution is 2.25. The number of non-ortho nitro benzene ring substituents is 1. The standard InChI is InChI=1S/C10H12N2O2.ClH/c1-11-9-4-7-2-3-10(12(13)14)6-8(7)5-9;/h2-3,6,9,11H,4-5H2,1H3;1H. The molecule has 0 radical (unpaired) electrons. The predicted octanol–water partition coefficient (Wildman–Crippen LogP) is 1.70. The molecule has 82 valence electrons. The Labute approximate surface area is 94.2 Å². The smallest absolute Gasteiger partial charge is 0.269 e. The van der Waals surface area contributed by atoms with Crippen LogP contribution in [0.5, 0.6) is 0 Å². The van der Waals surface area contributed by atoms with Crippen molar-refractivity contribution >= 4 is 18.1 Å². The lowest BCUT2D eigenvalue weighted by Crippen LogP contribution is -2.24. The number of nitro groups is 1. The summed E-state index contributed by atoms with van der Waals surface area (Å²) in [6.07, 6.45) is 1.87. The number of nitrogens with one attached hydrogen (secondary N) is 1. The maximum Gasteiger partial charge on any atom is 0.269 e. The Hall–Kier alpha value is -1.13. The summed E-state index contributed by atoms with van der Waals surface area (Å²) in [5, 5.41) is 13.7. The second-order valence-electron chi connectivity index (χ2n) is 3.60. The number of hydrogen-bond donors (Lipinski definition) is 1. The van der Waals surface area contributed by atoms with Crippen LogP contribution < -0.4 is 5.32 Å². The topological polar surface area (TPSA) is 55.2 Å². The highest BCUT2D eigenvalue weighted by Gasteiger charge is 2.21. The van der Waals surface area contributed by atoms with Gasteiger partial charge in [0.1, 0.15) is 0 Å². The largest absolute Gasteiger partial charge is 0.316 e. The lowest BCUT2D eigenvalue weighted by molar-refractivity contribution is -0.384. The fraction of sp³-hybridized carbons (Fsp3) is 0.400. The summed E-state index contributed by atoms with van der Waals surface area (Å²) in [7, 11) is 1.92. The van der Waals surface area contributed by atoms with Crippen LogP contribution >= 0.6 is 12.4 Å². The molecular weight excluding hydrogens is 216 g/mol. The molecule has 15 heavy (non-hydrogen) atoms. The van der Waals surface area contributed by atoms with Gasteiger partial charge in [-0.1, -0.05) is 6.07 Å². The fourth-order valence-electron chi connectivity index (χ4n) is 1.92. The minimum absolute atomic E-state index is 0. The normalized spacial score (nSPS) is 18.1. The van der Waals surface area contributed by atoms with Gasteiger partial charge >= 0.3 is 0 Å². The third-order valence-corrected chi connectivity index (χ3v) is 2.74. The first-order chi connectivity index (χ1) is 6.70. The molecule has 0 aliphatic heterocycles. The second-order valence-corrected chi connectivity index (χ2v) is 3.60. The zero-order valence-corrected chi connectivity index (χ0v) is 9.21. The van der Waals surface area contributed by atoms with Crippen molar-refractivity contribution in [1.82, 2.24) is 5.32 Å². The summed E-state index contributed by atoms with van der Waals surface area (Å²) in [5.41, 5.74) is 2.54. The van der Waals surface area contributed by atoms with Crippen LogP contribution in [0.1, 0.15) is 11.1 Å². The van der Waals surface area contributed by atoms with E-state index in [1.807, 2.05) is 13.1 Å². The Kier molecular flexibility index (Phi) is 3.66. The molecule has 0 saturated carbocycles. The molecule has 1 unspecified atom stereocenters. The molecule has 1 N–H and O–H groups in total. The molecule has 1 atom stereocenters. The van der Waals surface area contributed by atoms with Gasteiger partial charge in [-0.2, -0.15) is 0 Å². The maximum absolute atomic E-state index is 10.5. The minimum atomic E-state index is -0.340. The first-order valence-corrected chi connectivity index (χ1v) is 4.64. The SMILES string of the molecule is CNC1Cc2ccc([N+](=O)[O-])cc2C1.Cl. The molecular formula is C10H13ClN2O2. The highest BCUT2D eigenvalue weighted by atomic mass is 35.5. The Morgan fingerprint density at radius 1 is 1.40 bits per heavy atom. The molecule has 0 heterocycles. The Bertz CT molecular complexity index is 382. The van der Waals surface area contributed by atoms with Crippen LogP contribution in [0.25, 0.3) is 0 Å². The fourth-order valence-corrected chi connectivity index (χ4v) is 1.92. The van der Waals surface area contributed by atoms with Gasteiger partial charge in [-0.25, -0.2) is 0 Å². The number of rotatable bonds is 2. The Morgan fingerprint density at radius 2 is 2.07 bits per heavy atom. The summed E-state index contributed by atoms with van der Waals surface area (Å²) in [4.78, 5) is 10.2. The van der Waals surface area contributed by atoms with Gasteiger partial charge in [-0.05, 0) is 31.0 Å².